The molecule has 0 unspecified atom stereocenters. The second-order valence-electron chi connectivity index (χ2n) is 8.70. The van der Waals surface area contributed by atoms with Crippen molar-refractivity contribution in [3.05, 3.63) is 71.8 Å². The van der Waals surface area contributed by atoms with Crippen molar-refractivity contribution in [1.29, 1.82) is 0 Å². The highest BCUT2D eigenvalue weighted by Gasteiger charge is 2.53. The fourth-order valence-electron chi connectivity index (χ4n) is 4.65. The van der Waals surface area contributed by atoms with E-state index in [9.17, 15) is 4.79 Å². The van der Waals surface area contributed by atoms with E-state index < -0.39 is 8.32 Å². The Balaban J connectivity index is 1.87. The lowest BCUT2D eigenvalue weighted by molar-refractivity contribution is -0.116. The lowest BCUT2D eigenvalue weighted by Crippen LogP contribution is -2.67. The van der Waals surface area contributed by atoms with Crippen LogP contribution in [0.4, 0.5) is 0 Å². The van der Waals surface area contributed by atoms with Gasteiger partial charge in [0.15, 0.2) is 5.78 Å². The number of hydrogen-bond donors (Lipinski definition) is 0. The first-order valence-corrected chi connectivity index (χ1v) is 12.0. The summed E-state index contributed by atoms with van der Waals surface area (Å²) < 4.78 is 12.7. The quantitative estimate of drug-likeness (QED) is 0.746. The van der Waals surface area contributed by atoms with Crippen LogP contribution in [-0.2, 0) is 14.0 Å². The molecule has 0 saturated heterocycles. The molecular weight excluding hydrogens is 364 g/mol. The summed E-state index contributed by atoms with van der Waals surface area (Å²) in [5.41, 5.74) is 2.03. The Morgan fingerprint density at radius 3 is 2.07 bits per heavy atom. The number of ketones is 1. The van der Waals surface area contributed by atoms with Gasteiger partial charge in [-0.25, -0.2) is 0 Å². The van der Waals surface area contributed by atoms with Crippen LogP contribution in [0.1, 0.15) is 33.6 Å². The van der Waals surface area contributed by atoms with Crippen LogP contribution >= 0.6 is 0 Å². The zero-order chi connectivity index (χ0) is 19.8. The fourth-order valence-corrected chi connectivity index (χ4v) is 9.31. The molecule has 0 spiro atoms. The molecule has 0 N–H and O–H groups in total. The van der Waals surface area contributed by atoms with Gasteiger partial charge in [0.25, 0.3) is 8.32 Å². The second-order valence-corrected chi connectivity index (χ2v) is 13.0. The van der Waals surface area contributed by atoms with Gasteiger partial charge in [-0.1, -0.05) is 81.4 Å². The fraction of sp³-hybridized carbons (Fsp3) is 0.375. The number of ether oxygens (including phenoxy) is 1. The molecule has 0 fully saturated rings. The monoisotopic (exact) mass is 392 g/mol. The number of benzene rings is 2. The Bertz CT molecular complexity index is 842. The van der Waals surface area contributed by atoms with Crippen LogP contribution in [0.2, 0.25) is 5.04 Å². The van der Waals surface area contributed by atoms with Crippen LogP contribution in [0.5, 0.6) is 0 Å². The molecule has 2 aromatic rings. The summed E-state index contributed by atoms with van der Waals surface area (Å²) in [5.74, 6) is 0.192. The maximum absolute atomic E-state index is 12.6. The number of Topliss-reactive ketones (excluding diaryl/α,β-unsaturated/α-hetero) is 1. The first-order valence-electron chi connectivity index (χ1n) is 10.1. The molecule has 1 aliphatic carbocycles. The summed E-state index contributed by atoms with van der Waals surface area (Å²) in [4.78, 5) is 12.6. The predicted molar refractivity (Wildman–Crippen MR) is 115 cm³/mol. The van der Waals surface area contributed by atoms with Gasteiger partial charge in [0.1, 0.15) is 0 Å². The molecule has 2 aliphatic rings. The molecule has 3 nitrogen and oxygen atoms in total. The Labute approximate surface area is 168 Å². The van der Waals surface area contributed by atoms with Crippen LogP contribution in [0.25, 0.3) is 0 Å². The molecule has 0 aromatic heterocycles. The van der Waals surface area contributed by atoms with E-state index in [1.165, 1.54) is 15.9 Å². The Hall–Kier alpha value is -2.01. The third-order valence-corrected chi connectivity index (χ3v) is 11.0. The smallest absolute Gasteiger partial charge is 0.261 e. The van der Waals surface area contributed by atoms with Gasteiger partial charge in [-0.15, -0.1) is 0 Å². The zero-order valence-corrected chi connectivity index (χ0v) is 17.9. The van der Waals surface area contributed by atoms with Gasteiger partial charge in [0, 0.05) is 12.0 Å². The molecule has 0 amide bonds. The summed E-state index contributed by atoms with van der Waals surface area (Å²) in [6, 6.07) is 21.2. The van der Waals surface area contributed by atoms with E-state index >= 15 is 0 Å². The average Bonchev–Trinajstić information content (AvgIpc) is 3.02. The van der Waals surface area contributed by atoms with Gasteiger partial charge in [0.2, 0.25) is 0 Å². The minimum atomic E-state index is -2.65. The Kier molecular flexibility index (Phi) is 5.12. The summed E-state index contributed by atoms with van der Waals surface area (Å²) in [6.07, 6.45) is 1.10. The number of hydrogen-bond acceptors (Lipinski definition) is 3. The number of rotatable bonds is 4. The molecule has 28 heavy (non-hydrogen) atoms. The molecule has 146 valence electrons. The van der Waals surface area contributed by atoms with E-state index in [1.807, 2.05) is 0 Å². The maximum Gasteiger partial charge on any atom is 0.261 e. The second kappa shape index (κ2) is 7.43. The largest absolute Gasteiger partial charge is 0.400 e. The summed E-state index contributed by atoms with van der Waals surface area (Å²) >= 11 is 0. The van der Waals surface area contributed by atoms with Crippen molar-refractivity contribution in [2.45, 2.75) is 44.8 Å². The standard InChI is InChI=1S/C24H28O3Si/c1-24(2,3)28(18-10-6-4-7-11-18,19-12-8-5-9-13-19)27-23-16-22(25)21-17-26-15-14-20(21)23/h4-13,23H,14-17H2,1-3H3/t23-/m0/s1. The van der Waals surface area contributed by atoms with Crippen LogP contribution in [0, 0.1) is 0 Å². The van der Waals surface area contributed by atoms with Crippen molar-refractivity contribution in [1.82, 2.24) is 0 Å². The van der Waals surface area contributed by atoms with Crippen molar-refractivity contribution < 1.29 is 14.0 Å². The molecule has 1 aliphatic heterocycles. The molecule has 2 aromatic carbocycles. The normalized spacial score (nSPS) is 20.4. The maximum atomic E-state index is 12.6. The third kappa shape index (κ3) is 3.19. The lowest BCUT2D eigenvalue weighted by Gasteiger charge is -2.45. The average molecular weight is 393 g/mol. The lowest BCUT2D eigenvalue weighted by atomic mass is 10.1. The minimum absolute atomic E-state index is 0.0900. The zero-order valence-electron chi connectivity index (χ0n) is 16.9. The highest BCUT2D eigenvalue weighted by atomic mass is 28.4. The molecule has 1 atom stereocenters. The summed E-state index contributed by atoms with van der Waals surface area (Å²) in [6.45, 7) is 7.93. The first kappa shape index (κ1) is 19.3. The molecule has 0 saturated carbocycles. The van der Waals surface area contributed by atoms with Crippen molar-refractivity contribution in [3.8, 4) is 0 Å². The number of carbonyl (C=O) groups is 1. The van der Waals surface area contributed by atoms with Crippen molar-refractivity contribution in [2.75, 3.05) is 13.2 Å². The predicted octanol–water partition coefficient (Wildman–Crippen LogP) is 3.62. The minimum Gasteiger partial charge on any atom is -0.400 e. The molecule has 4 heteroatoms. The van der Waals surface area contributed by atoms with Gasteiger partial charge < -0.3 is 9.16 Å². The highest BCUT2D eigenvalue weighted by molar-refractivity contribution is 6.99. The van der Waals surface area contributed by atoms with Crippen LogP contribution in [0.15, 0.2) is 71.8 Å². The first-order chi connectivity index (χ1) is 13.4. The van der Waals surface area contributed by atoms with E-state index in [1.54, 1.807) is 0 Å². The van der Waals surface area contributed by atoms with Gasteiger partial charge in [-0.05, 0) is 27.4 Å². The Morgan fingerprint density at radius 2 is 1.54 bits per heavy atom. The van der Waals surface area contributed by atoms with E-state index in [-0.39, 0.29) is 16.9 Å². The molecule has 0 bridgehead atoms. The van der Waals surface area contributed by atoms with E-state index in [2.05, 4.69) is 81.4 Å². The van der Waals surface area contributed by atoms with Crippen molar-refractivity contribution in [3.63, 3.8) is 0 Å². The van der Waals surface area contributed by atoms with Gasteiger partial charge >= 0.3 is 0 Å². The van der Waals surface area contributed by atoms with Crippen molar-refractivity contribution >= 4 is 24.5 Å². The van der Waals surface area contributed by atoms with Crippen molar-refractivity contribution in [2.24, 2.45) is 0 Å². The number of carbonyl (C=O) groups excluding carboxylic acids is 1. The topological polar surface area (TPSA) is 35.5 Å². The Morgan fingerprint density at radius 1 is 0.964 bits per heavy atom. The molecule has 0 radical (unpaired) electrons. The molecule has 1 heterocycles. The van der Waals surface area contributed by atoms with Gasteiger partial charge in [-0.2, -0.15) is 0 Å². The summed E-state index contributed by atoms with van der Waals surface area (Å²) in [5, 5.41) is 2.41. The van der Waals surface area contributed by atoms with Crippen LogP contribution in [-0.4, -0.2) is 33.4 Å². The third-order valence-electron chi connectivity index (χ3n) is 5.98. The van der Waals surface area contributed by atoms with Crippen LogP contribution < -0.4 is 10.4 Å². The van der Waals surface area contributed by atoms with Crippen LogP contribution in [0.3, 0.4) is 0 Å². The highest BCUT2D eigenvalue weighted by Crippen LogP contribution is 2.41. The molecular formula is C24H28O3Si. The molecule has 4 rings (SSSR count). The summed E-state index contributed by atoms with van der Waals surface area (Å²) in [7, 11) is -2.65. The van der Waals surface area contributed by atoms with E-state index in [0.717, 1.165) is 12.0 Å². The van der Waals surface area contributed by atoms with E-state index in [0.29, 0.717) is 19.6 Å². The van der Waals surface area contributed by atoms with E-state index in [4.69, 9.17) is 9.16 Å². The van der Waals surface area contributed by atoms with Gasteiger partial charge in [-0.3, -0.25) is 4.79 Å². The van der Waals surface area contributed by atoms with Gasteiger partial charge in [0.05, 0.1) is 19.3 Å². The SMILES string of the molecule is CC(C)(C)[Si](O[C@H]1CC(=O)C2=C1CCOC2)(c1ccccc1)c1ccccc1.